The molecule has 19 heavy (non-hydrogen) atoms. The summed E-state index contributed by atoms with van der Waals surface area (Å²) in [5.41, 5.74) is 2.46. The summed E-state index contributed by atoms with van der Waals surface area (Å²) in [7, 11) is 0. The molecular weight excluding hydrogens is 240 g/mol. The van der Waals surface area contributed by atoms with Gasteiger partial charge in [-0.2, -0.15) is 0 Å². The zero-order valence-corrected chi connectivity index (χ0v) is 11.7. The molecule has 0 spiro atoms. The Morgan fingerprint density at radius 3 is 2.68 bits per heavy atom. The van der Waals surface area contributed by atoms with Crippen molar-refractivity contribution in [3.8, 4) is 0 Å². The lowest BCUT2D eigenvalue weighted by Crippen LogP contribution is -2.19. The number of nitrogens with one attached hydrogen (secondary N) is 1. The minimum Gasteiger partial charge on any atom is -0.478 e. The molecule has 0 bridgehead atoms. The lowest BCUT2D eigenvalue weighted by atomic mass is 9.89. The van der Waals surface area contributed by atoms with Crippen LogP contribution in [0.1, 0.15) is 53.8 Å². The first-order valence-corrected chi connectivity index (χ1v) is 7.03. The van der Waals surface area contributed by atoms with Crippen molar-refractivity contribution in [2.45, 2.75) is 46.0 Å². The number of pyridine rings is 1. The molecule has 2 rings (SSSR count). The van der Waals surface area contributed by atoms with E-state index in [9.17, 15) is 9.90 Å². The van der Waals surface area contributed by atoms with Gasteiger partial charge in [0.25, 0.3) is 0 Å². The Bertz CT molecular complexity index is 465. The summed E-state index contributed by atoms with van der Waals surface area (Å²) in [5.74, 6) is -0.236. The predicted molar refractivity (Wildman–Crippen MR) is 75.7 cm³/mol. The standard InChI is InChI=1S/C15H22N2O2/c1-10-8-13(14(15(18)19)11(2)17-10)16-9-12-6-4-3-5-7-12/h8,12H,3-7,9H2,1-2H3,(H,16,17)(H,18,19). The summed E-state index contributed by atoms with van der Waals surface area (Å²) in [5, 5.41) is 12.6. The number of aromatic nitrogens is 1. The third-order valence-corrected chi connectivity index (χ3v) is 3.85. The number of aryl methyl sites for hydroxylation is 2. The van der Waals surface area contributed by atoms with Crippen molar-refractivity contribution in [1.82, 2.24) is 4.98 Å². The van der Waals surface area contributed by atoms with Crippen molar-refractivity contribution in [2.75, 3.05) is 11.9 Å². The first kappa shape index (κ1) is 13.8. The van der Waals surface area contributed by atoms with Crippen molar-refractivity contribution in [3.63, 3.8) is 0 Å². The molecule has 1 saturated carbocycles. The Morgan fingerprint density at radius 2 is 2.05 bits per heavy atom. The van der Waals surface area contributed by atoms with E-state index in [4.69, 9.17) is 0 Å². The van der Waals surface area contributed by atoms with Crippen LogP contribution in [0.5, 0.6) is 0 Å². The molecule has 1 fully saturated rings. The van der Waals surface area contributed by atoms with Crippen molar-refractivity contribution in [2.24, 2.45) is 5.92 Å². The normalized spacial score (nSPS) is 16.3. The topological polar surface area (TPSA) is 62.2 Å². The fourth-order valence-electron chi connectivity index (χ4n) is 2.88. The Balaban J connectivity index is 2.12. The van der Waals surface area contributed by atoms with Gasteiger partial charge in [0, 0.05) is 12.2 Å². The lowest BCUT2D eigenvalue weighted by molar-refractivity contribution is 0.0696. The SMILES string of the molecule is Cc1cc(NCC2CCCCC2)c(C(=O)O)c(C)n1. The zero-order chi connectivity index (χ0) is 13.8. The van der Waals surface area contributed by atoms with Crippen LogP contribution in [-0.4, -0.2) is 22.6 Å². The summed E-state index contributed by atoms with van der Waals surface area (Å²) >= 11 is 0. The Hall–Kier alpha value is -1.58. The van der Waals surface area contributed by atoms with Crippen molar-refractivity contribution >= 4 is 11.7 Å². The maximum absolute atomic E-state index is 11.3. The second-order valence-corrected chi connectivity index (χ2v) is 5.46. The van der Waals surface area contributed by atoms with E-state index in [1.807, 2.05) is 13.0 Å². The van der Waals surface area contributed by atoms with Gasteiger partial charge >= 0.3 is 5.97 Å². The van der Waals surface area contributed by atoms with Crippen LogP contribution < -0.4 is 5.32 Å². The van der Waals surface area contributed by atoms with E-state index >= 15 is 0 Å². The number of aromatic carboxylic acids is 1. The van der Waals surface area contributed by atoms with Gasteiger partial charge in [0.1, 0.15) is 5.56 Å². The summed E-state index contributed by atoms with van der Waals surface area (Å²) in [4.78, 5) is 15.6. The molecule has 0 radical (unpaired) electrons. The molecule has 0 aliphatic heterocycles. The maximum atomic E-state index is 11.3. The highest BCUT2D eigenvalue weighted by Crippen LogP contribution is 2.25. The van der Waals surface area contributed by atoms with Crippen LogP contribution in [0, 0.1) is 19.8 Å². The number of nitrogens with zero attached hydrogens (tertiary/aromatic N) is 1. The molecule has 0 aromatic carbocycles. The Kier molecular flexibility index (Phi) is 4.40. The zero-order valence-electron chi connectivity index (χ0n) is 11.7. The van der Waals surface area contributed by atoms with Crippen LogP contribution in [-0.2, 0) is 0 Å². The van der Waals surface area contributed by atoms with Gasteiger partial charge in [-0.3, -0.25) is 4.98 Å². The van der Waals surface area contributed by atoms with Crippen LogP contribution in [0.3, 0.4) is 0 Å². The van der Waals surface area contributed by atoms with Crippen LogP contribution in [0.15, 0.2) is 6.07 Å². The molecular formula is C15H22N2O2. The maximum Gasteiger partial charge on any atom is 0.339 e. The minimum atomic E-state index is -0.906. The monoisotopic (exact) mass is 262 g/mol. The molecule has 1 aromatic heterocycles. The van der Waals surface area contributed by atoms with Crippen molar-refractivity contribution in [1.29, 1.82) is 0 Å². The van der Waals surface area contributed by atoms with Crippen LogP contribution in [0.2, 0.25) is 0 Å². The Morgan fingerprint density at radius 1 is 1.37 bits per heavy atom. The van der Waals surface area contributed by atoms with Crippen LogP contribution in [0.4, 0.5) is 5.69 Å². The van der Waals surface area contributed by atoms with Gasteiger partial charge in [0.2, 0.25) is 0 Å². The number of hydrogen-bond acceptors (Lipinski definition) is 3. The van der Waals surface area contributed by atoms with Crippen LogP contribution >= 0.6 is 0 Å². The summed E-state index contributed by atoms with van der Waals surface area (Å²) in [6.07, 6.45) is 6.43. The molecule has 4 nitrogen and oxygen atoms in total. The van der Waals surface area contributed by atoms with E-state index in [0.29, 0.717) is 22.9 Å². The van der Waals surface area contributed by atoms with Gasteiger partial charge in [0.15, 0.2) is 0 Å². The largest absolute Gasteiger partial charge is 0.478 e. The van der Waals surface area contributed by atoms with Gasteiger partial charge in [0.05, 0.1) is 11.4 Å². The molecule has 104 valence electrons. The quantitative estimate of drug-likeness (QED) is 0.873. The van der Waals surface area contributed by atoms with Gasteiger partial charge in [-0.15, -0.1) is 0 Å². The number of carbonyl (C=O) groups is 1. The van der Waals surface area contributed by atoms with Crippen molar-refractivity contribution in [3.05, 3.63) is 23.0 Å². The predicted octanol–water partition coefficient (Wildman–Crippen LogP) is 3.39. The molecule has 1 aliphatic carbocycles. The van der Waals surface area contributed by atoms with Crippen LogP contribution in [0.25, 0.3) is 0 Å². The number of carboxylic acid groups (broad SMARTS) is 1. The van der Waals surface area contributed by atoms with Gasteiger partial charge in [-0.1, -0.05) is 19.3 Å². The van der Waals surface area contributed by atoms with E-state index < -0.39 is 5.97 Å². The first-order chi connectivity index (χ1) is 9.08. The highest BCUT2D eigenvalue weighted by atomic mass is 16.4. The first-order valence-electron chi connectivity index (χ1n) is 7.03. The van der Waals surface area contributed by atoms with E-state index in [0.717, 1.165) is 12.2 Å². The molecule has 4 heteroatoms. The second-order valence-electron chi connectivity index (χ2n) is 5.46. The number of rotatable bonds is 4. The third-order valence-electron chi connectivity index (χ3n) is 3.85. The van der Waals surface area contributed by atoms with E-state index in [1.165, 1.54) is 32.1 Å². The molecule has 0 saturated heterocycles. The Labute approximate surface area is 114 Å². The molecule has 1 heterocycles. The minimum absolute atomic E-state index is 0.307. The molecule has 2 N–H and O–H groups in total. The number of anilines is 1. The highest BCUT2D eigenvalue weighted by Gasteiger charge is 2.17. The third kappa shape index (κ3) is 3.46. The smallest absolute Gasteiger partial charge is 0.339 e. The fraction of sp³-hybridized carbons (Fsp3) is 0.600. The molecule has 0 amide bonds. The lowest BCUT2D eigenvalue weighted by Gasteiger charge is -2.23. The van der Waals surface area contributed by atoms with Gasteiger partial charge < -0.3 is 10.4 Å². The van der Waals surface area contributed by atoms with E-state index in [1.54, 1.807) is 6.92 Å². The summed E-state index contributed by atoms with van der Waals surface area (Å²) in [6, 6.07) is 1.83. The average molecular weight is 262 g/mol. The van der Waals surface area contributed by atoms with Gasteiger partial charge in [-0.05, 0) is 38.7 Å². The fourth-order valence-corrected chi connectivity index (χ4v) is 2.88. The van der Waals surface area contributed by atoms with E-state index in [-0.39, 0.29) is 0 Å². The summed E-state index contributed by atoms with van der Waals surface area (Å²) < 4.78 is 0. The second kappa shape index (κ2) is 6.04. The molecule has 1 aliphatic rings. The summed E-state index contributed by atoms with van der Waals surface area (Å²) in [6.45, 7) is 4.51. The molecule has 0 atom stereocenters. The molecule has 0 unspecified atom stereocenters. The van der Waals surface area contributed by atoms with E-state index in [2.05, 4.69) is 10.3 Å². The number of hydrogen-bond donors (Lipinski definition) is 2. The van der Waals surface area contributed by atoms with Crippen molar-refractivity contribution < 1.29 is 9.90 Å². The van der Waals surface area contributed by atoms with Gasteiger partial charge in [-0.25, -0.2) is 4.79 Å². The number of carboxylic acids is 1. The highest BCUT2D eigenvalue weighted by molar-refractivity contribution is 5.95. The average Bonchev–Trinajstić information content (AvgIpc) is 2.36. The molecule has 1 aromatic rings.